The summed E-state index contributed by atoms with van der Waals surface area (Å²) in [5.41, 5.74) is 1.23. The Balaban J connectivity index is 1.42. The molecule has 0 spiro atoms. The molecule has 0 saturated heterocycles. The van der Waals surface area contributed by atoms with E-state index in [0.29, 0.717) is 12.1 Å². The lowest BCUT2D eigenvalue weighted by Gasteiger charge is -2.43. The molecule has 2 fully saturated rings. The van der Waals surface area contributed by atoms with E-state index in [4.69, 9.17) is 10.1 Å². The van der Waals surface area contributed by atoms with Gasteiger partial charge in [0.1, 0.15) is 0 Å². The Hall–Kier alpha value is -0.980. The molecule has 2 aliphatic carbocycles. The fourth-order valence-corrected chi connectivity index (χ4v) is 4.09. The second kappa shape index (κ2) is 7.10. The monoisotopic (exact) mass is 351 g/mol. The van der Waals surface area contributed by atoms with Gasteiger partial charge in [0.15, 0.2) is 0 Å². The van der Waals surface area contributed by atoms with Crippen molar-refractivity contribution in [3.63, 3.8) is 0 Å². The highest BCUT2D eigenvalue weighted by molar-refractivity contribution is 7.09. The second-order valence-electron chi connectivity index (χ2n) is 8.36. The van der Waals surface area contributed by atoms with Crippen LogP contribution in [0.3, 0.4) is 0 Å². The quantitative estimate of drug-likeness (QED) is 0.754. The fourth-order valence-electron chi connectivity index (χ4n) is 3.18. The summed E-state index contributed by atoms with van der Waals surface area (Å²) >= 11 is 1.74. The van der Waals surface area contributed by atoms with E-state index < -0.39 is 5.97 Å². The van der Waals surface area contributed by atoms with Crippen molar-refractivity contribution in [2.24, 2.45) is 5.92 Å². The van der Waals surface area contributed by atoms with E-state index in [0.717, 1.165) is 37.5 Å². The van der Waals surface area contributed by atoms with Gasteiger partial charge < -0.3 is 10.4 Å². The van der Waals surface area contributed by atoms with Gasteiger partial charge in [-0.3, -0.25) is 9.69 Å². The number of aliphatic carboxylic acids is 1. The summed E-state index contributed by atoms with van der Waals surface area (Å²) in [5.74, 6) is 0.0337. The first-order valence-corrected chi connectivity index (χ1v) is 9.83. The smallest absolute Gasteiger partial charge is 0.317 e. The summed E-state index contributed by atoms with van der Waals surface area (Å²) in [7, 11) is 0. The zero-order chi connectivity index (χ0) is 17.3. The zero-order valence-corrected chi connectivity index (χ0v) is 15.7. The van der Waals surface area contributed by atoms with E-state index in [1.807, 2.05) is 0 Å². The van der Waals surface area contributed by atoms with Gasteiger partial charge in [0, 0.05) is 36.0 Å². The summed E-state index contributed by atoms with van der Waals surface area (Å²) in [4.78, 5) is 18.0. The molecule has 0 unspecified atom stereocenters. The Labute approximate surface area is 148 Å². The summed E-state index contributed by atoms with van der Waals surface area (Å²) < 4.78 is 0. The van der Waals surface area contributed by atoms with Crippen LogP contribution in [-0.4, -0.2) is 46.1 Å². The van der Waals surface area contributed by atoms with E-state index in [1.165, 1.54) is 17.8 Å². The van der Waals surface area contributed by atoms with Gasteiger partial charge in [-0.2, -0.15) is 0 Å². The van der Waals surface area contributed by atoms with Crippen LogP contribution in [0.25, 0.3) is 0 Å². The molecule has 0 amide bonds. The Morgan fingerprint density at radius 2 is 2.12 bits per heavy atom. The Bertz CT molecular complexity index is 571. The Morgan fingerprint density at radius 1 is 1.42 bits per heavy atom. The van der Waals surface area contributed by atoms with Crippen LogP contribution < -0.4 is 5.32 Å². The highest BCUT2D eigenvalue weighted by atomic mass is 32.1. The molecule has 0 aliphatic heterocycles. The van der Waals surface area contributed by atoms with Crippen molar-refractivity contribution < 1.29 is 9.90 Å². The van der Waals surface area contributed by atoms with Gasteiger partial charge in [0.25, 0.3) is 0 Å². The van der Waals surface area contributed by atoms with Gasteiger partial charge in [0.05, 0.1) is 17.2 Å². The molecule has 0 bridgehead atoms. The normalized spacial score (nSPS) is 24.2. The van der Waals surface area contributed by atoms with E-state index in [2.05, 4.69) is 36.4 Å². The minimum Gasteiger partial charge on any atom is -0.480 e. The number of rotatable bonds is 8. The SMILES string of the molecule is CC(C)(C)c1nc(CNC2CC(N(CC(=O)O)CC3CC3)C2)cs1. The van der Waals surface area contributed by atoms with E-state index in [9.17, 15) is 4.79 Å². The van der Waals surface area contributed by atoms with E-state index in [-0.39, 0.29) is 12.0 Å². The largest absolute Gasteiger partial charge is 0.480 e. The molecule has 0 aromatic carbocycles. The van der Waals surface area contributed by atoms with Crippen LogP contribution in [0.15, 0.2) is 5.38 Å². The van der Waals surface area contributed by atoms with E-state index in [1.54, 1.807) is 11.3 Å². The lowest BCUT2D eigenvalue weighted by Crippen LogP contribution is -2.54. The highest BCUT2D eigenvalue weighted by Crippen LogP contribution is 2.34. The Kier molecular flexibility index (Phi) is 5.27. The lowest BCUT2D eigenvalue weighted by molar-refractivity contribution is -0.139. The molecule has 0 radical (unpaired) electrons. The molecule has 1 aromatic rings. The molecule has 3 rings (SSSR count). The van der Waals surface area contributed by atoms with Crippen LogP contribution >= 0.6 is 11.3 Å². The van der Waals surface area contributed by atoms with Crippen molar-refractivity contribution >= 4 is 17.3 Å². The third-order valence-electron chi connectivity index (χ3n) is 4.92. The maximum Gasteiger partial charge on any atom is 0.317 e. The molecule has 1 heterocycles. The van der Waals surface area contributed by atoms with Crippen LogP contribution in [0.4, 0.5) is 0 Å². The standard InChI is InChI=1S/C18H29N3O2S/c1-18(2,3)17-20-14(11-24-17)8-19-13-6-15(7-13)21(10-16(22)23)9-12-4-5-12/h11-13,15,19H,4-10H2,1-3H3,(H,22,23). The van der Waals surface area contributed by atoms with Crippen LogP contribution in [0.2, 0.25) is 0 Å². The van der Waals surface area contributed by atoms with Crippen LogP contribution in [0.1, 0.15) is 57.2 Å². The number of hydrogen-bond acceptors (Lipinski definition) is 5. The molecule has 0 atom stereocenters. The first-order chi connectivity index (χ1) is 11.3. The average molecular weight is 352 g/mol. The number of aromatic nitrogens is 1. The van der Waals surface area contributed by atoms with Crippen molar-refractivity contribution in [1.82, 2.24) is 15.2 Å². The van der Waals surface area contributed by atoms with Crippen LogP contribution in [0, 0.1) is 5.92 Å². The van der Waals surface area contributed by atoms with Crippen LogP contribution in [-0.2, 0) is 16.8 Å². The van der Waals surface area contributed by atoms with Gasteiger partial charge in [-0.15, -0.1) is 11.3 Å². The molecule has 2 saturated carbocycles. The number of carbonyl (C=O) groups is 1. The summed E-state index contributed by atoms with van der Waals surface area (Å²) in [6, 6.07) is 0.921. The molecule has 134 valence electrons. The molecule has 2 N–H and O–H groups in total. The van der Waals surface area contributed by atoms with Gasteiger partial charge >= 0.3 is 5.97 Å². The number of carboxylic acids is 1. The molecular weight excluding hydrogens is 322 g/mol. The van der Waals surface area contributed by atoms with Crippen LogP contribution in [0.5, 0.6) is 0 Å². The molecule has 2 aliphatic rings. The summed E-state index contributed by atoms with van der Waals surface area (Å²) in [6.07, 6.45) is 4.64. The van der Waals surface area contributed by atoms with Crippen molar-refractivity contribution in [3.05, 3.63) is 16.1 Å². The summed E-state index contributed by atoms with van der Waals surface area (Å²) in [5, 5.41) is 16.0. The van der Waals surface area contributed by atoms with Gasteiger partial charge in [0.2, 0.25) is 0 Å². The number of thiazole rings is 1. The highest BCUT2D eigenvalue weighted by Gasteiger charge is 2.36. The maximum atomic E-state index is 11.1. The molecule has 1 aromatic heterocycles. The fraction of sp³-hybridized carbons (Fsp3) is 0.778. The van der Waals surface area contributed by atoms with Crippen molar-refractivity contribution in [3.8, 4) is 0 Å². The average Bonchev–Trinajstić information content (AvgIpc) is 3.09. The second-order valence-corrected chi connectivity index (χ2v) is 9.22. The first-order valence-electron chi connectivity index (χ1n) is 8.95. The lowest BCUT2D eigenvalue weighted by atomic mass is 9.85. The minimum atomic E-state index is -0.704. The molecule has 5 nitrogen and oxygen atoms in total. The van der Waals surface area contributed by atoms with Gasteiger partial charge in [-0.25, -0.2) is 4.98 Å². The number of hydrogen-bond donors (Lipinski definition) is 2. The van der Waals surface area contributed by atoms with Crippen molar-refractivity contribution in [2.75, 3.05) is 13.1 Å². The predicted molar refractivity (Wildman–Crippen MR) is 96.4 cm³/mol. The van der Waals surface area contributed by atoms with Crippen molar-refractivity contribution in [2.45, 2.75) is 70.5 Å². The van der Waals surface area contributed by atoms with Gasteiger partial charge in [-0.05, 0) is 31.6 Å². The van der Waals surface area contributed by atoms with E-state index >= 15 is 0 Å². The third-order valence-corrected chi connectivity index (χ3v) is 6.24. The predicted octanol–water partition coefficient (Wildman–Crippen LogP) is 2.86. The first kappa shape index (κ1) is 17.8. The molecular formula is C18H29N3O2S. The van der Waals surface area contributed by atoms with Crippen molar-refractivity contribution in [1.29, 1.82) is 0 Å². The zero-order valence-electron chi connectivity index (χ0n) is 14.9. The maximum absolute atomic E-state index is 11.1. The molecule has 24 heavy (non-hydrogen) atoms. The Morgan fingerprint density at radius 3 is 2.67 bits per heavy atom. The number of nitrogens with zero attached hydrogens (tertiary/aromatic N) is 2. The molecule has 6 heteroatoms. The minimum absolute atomic E-state index is 0.116. The van der Waals surface area contributed by atoms with Gasteiger partial charge in [-0.1, -0.05) is 20.8 Å². The third kappa shape index (κ3) is 4.77. The number of nitrogens with one attached hydrogen (secondary N) is 1. The number of carboxylic acid groups (broad SMARTS) is 1. The summed E-state index contributed by atoms with van der Waals surface area (Å²) in [6.45, 7) is 8.54. The topological polar surface area (TPSA) is 65.5 Å².